The van der Waals surface area contributed by atoms with Gasteiger partial charge in [0, 0.05) is 11.5 Å². The average molecular weight is 247 g/mol. The van der Waals surface area contributed by atoms with Gasteiger partial charge in [-0.3, -0.25) is 0 Å². The molecule has 0 amide bonds. The summed E-state index contributed by atoms with van der Waals surface area (Å²) in [5, 5.41) is 13.3. The van der Waals surface area contributed by atoms with Crippen molar-refractivity contribution in [1.29, 1.82) is 0 Å². The van der Waals surface area contributed by atoms with Gasteiger partial charge in [-0.1, -0.05) is 24.2 Å². The Kier molecular flexibility index (Phi) is 3.94. The lowest BCUT2D eigenvalue weighted by Gasteiger charge is -2.03. The lowest BCUT2D eigenvalue weighted by Crippen LogP contribution is -2.02. The van der Waals surface area contributed by atoms with Gasteiger partial charge < -0.3 is 15.4 Å². The Bertz CT molecular complexity index is 510. The molecule has 5 nitrogen and oxygen atoms in total. The predicted molar refractivity (Wildman–Crippen MR) is 68.1 cm³/mol. The lowest BCUT2D eigenvalue weighted by molar-refractivity contribution is 0.352. The molecule has 96 valence electrons. The van der Waals surface area contributed by atoms with E-state index in [-0.39, 0.29) is 11.7 Å². The minimum absolute atomic E-state index is 0.190. The Morgan fingerprint density at radius 2 is 2.28 bits per heavy atom. The third-order valence-corrected chi connectivity index (χ3v) is 2.81. The molecule has 1 atom stereocenters. The number of aromatic nitrogens is 2. The van der Waals surface area contributed by atoms with E-state index >= 15 is 0 Å². The van der Waals surface area contributed by atoms with Crippen molar-refractivity contribution in [2.24, 2.45) is 5.73 Å². The lowest BCUT2D eigenvalue weighted by atomic mass is 10.1. The van der Waals surface area contributed by atoms with Gasteiger partial charge in [-0.15, -0.1) is 0 Å². The summed E-state index contributed by atoms with van der Waals surface area (Å²) in [7, 11) is 0. The number of benzene rings is 1. The first-order chi connectivity index (χ1) is 8.70. The molecule has 0 spiro atoms. The number of phenols is 1. The predicted octanol–water partition coefficient (Wildman–Crippen LogP) is 2.28. The SMILES string of the molecule is CC(CCCN)c1nc(-c2cccc(O)c2)no1. The molecule has 2 rings (SSSR count). The summed E-state index contributed by atoms with van der Waals surface area (Å²) in [6.45, 7) is 2.70. The summed E-state index contributed by atoms with van der Waals surface area (Å²) < 4.78 is 5.23. The zero-order chi connectivity index (χ0) is 13.0. The van der Waals surface area contributed by atoms with Crippen LogP contribution in [0.15, 0.2) is 28.8 Å². The minimum atomic E-state index is 0.190. The van der Waals surface area contributed by atoms with Crippen LogP contribution in [0.5, 0.6) is 5.75 Å². The topological polar surface area (TPSA) is 85.2 Å². The number of phenolic OH excluding ortho intramolecular Hbond substituents is 1. The van der Waals surface area contributed by atoms with Crippen molar-refractivity contribution in [2.45, 2.75) is 25.7 Å². The molecule has 0 aliphatic carbocycles. The average Bonchev–Trinajstić information content (AvgIpc) is 2.85. The maximum atomic E-state index is 9.41. The number of nitrogens with zero attached hydrogens (tertiary/aromatic N) is 2. The molecule has 0 saturated carbocycles. The van der Waals surface area contributed by atoms with Crippen molar-refractivity contribution in [3.05, 3.63) is 30.2 Å². The van der Waals surface area contributed by atoms with Crippen molar-refractivity contribution in [2.75, 3.05) is 6.54 Å². The van der Waals surface area contributed by atoms with Crippen LogP contribution in [0.4, 0.5) is 0 Å². The van der Waals surface area contributed by atoms with Gasteiger partial charge in [0.2, 0.25) is 11.7 Å². The van der Waals surface area contributed by atoms with E-state index in [1.807, 2.05) is 13.0 Å². The zero-order valence-corrected chi connectivity index (χ0v) is 10.3. The van der Waals surface area contributed by atoms with Crippen molar-refractivity contribution >= 4 is 0 Å². The Labute approximate surface area is 106 Å². The van der Waals surface area contributed by atoms with Gasteiger partial charge in [0.1, 0.15) is 5.75 Å². The molecule has 0 bridgehead atoms. The standard InChI is InChI=1S/C13H17N3O2/c1-9(4-3-7-14)13-15-12(16-18-13)10-5-2-6-11(17)8-10/h2,5-6,8-9,17H,3-4,7,14H2,1H3. The smallest absolute Gasteiger partial charge is 0.229 e. The van der Waals surface area contributed by atoms with Gasteiger partial charge >= 0.3 is 0 Å². The largest absolute Gasteiger partial charge is 0.508 e. The number of rotatable bonds is 5. The van der Waals surface area contributed by atoms with Gasteiger partial charge in [-0.2, -0.15) is 4.98 Å². The van der Waals surface area contributed by atoms with Crippen molar-refractivity contribution < 1.29 is 9.63 Å². The van der Waals surface area contributed by atoms with Crippen LogP contribution in [-0.2, 0) is 0 Å². The molecule has 1 aromatic carbocycles. The third kappa shape index (κ3) is 2.87. The fourth-order valence-corrected chi connectivity index (χ4v) is 1.75. The van der Waals surface area contributed by atoms with Gasteiger partial charge in [-0.25, -0.2) is 0 Å². The maximum absolute atomic E-state index is 9.41. The second-order valence-electron chi connectivity index (χ2n) is 4.34. The van der Waals surface area contributed by atoms with Crippen LogP contribution < -0.4 is 5.73 Å². The first kappa shape index (κ1) is 12.6. The van der Waals surface area contributed by atoms with E-state index in [0.717, 1.165) is 18.4 Å². The molecule has 0 radical (unpaired) electrons. The van der Waals surface area contributed by atoms with Crippen LogP contribution >= 0.6 is 0 Å². The molecule has 1 aromatic heterocycles. The monoisotopic (exact) mass is 247 g/mol. The summed E-state index contributed by atoms with van der Waals surface area (Å²) in [5.41, 5.74) is 6.22. The summed E-state index contributed by atoms with van der Waals surface area (Å²) >= 11 is 0. The Morgan fingerprint density at radius 3 is 3.00 bits per heavy atom. The second-order valence-corrected chi connectivity index (χ2v) is 4.34. The molecular weight excluding hydrogens is 230 g/mol. The van der Waals surface area contributed by atoms with Crippen LogP contribution in [0.25, 0.3) is 11.4 Å². The number of hydrogen-bond acceptors (Lipinski definition) is 5. The second kappa shape index (κ2) is 5.64. The highest BCUT2D eigenvalue weighted by Gasteiger charge is 2.14. The molecule has 0 fully saturated rings. The number of nitrogens with two attached hydrogens (primary N) is 1. The number of aromatic hydroxyl groups is 1. The summed E-state index contributed by atoms with van der Waals surface area (Å²) in [4.78, 5) is 4.34. The first-order valence-electron chi connectivity index (χ1n) is 6.04. The van der Waals surface area contributed by atoms with E-state index in [4.69, 9.17) is 10.3 Å². The van der Waals surface area contributed by atoms with E-state index in [1.54, 1.807) is 18.2 Å². The highest BCUT2D eigenvalue weighted by molar-refractivity contribution is 5.56. The van der Waals surface area contributed by atoms with Gasteiger partial charge in [0.05, 0.1) is 0 Å². The molecule has 1 heterocycles. The summed E-state index contributed by atoms with van der Waals surface area (Å²) in [6, 6.07) is 6.80. The van der Waals surface area contributed by atoms with E-state index in [2.05, 4.69) is 10.1 Å². The van der Waals surface area contributed by atoms with Crippen molar-refractivity contribution in [3.63, 3.8) is 0 Å². The van der Waals surface area contributed by atoms with Crippen LogP contribution in [-0.4, -0.2) is 21.8 Å². The van der Waals surface area contributed by atoms with Gasteiger partial charge in [0.15, 0.2) is 0 Å². The third-order valence-electron chi connectivity index (χ3n) is 2.81. The van der Waals surface area contributed by atoms with E-state index in [9.17, 15) is 5.11 Å². The molecule has 0 saturated heterocycles. The first-order valence-corrected chi connectivity index (χ1v) is 6.04. The van der Waals surface area contributed by atoms with Crippen LogP contribution in [0.2, 0.25) is 0 Å². The highest BCUT2D eigenvalue weighted by atomic mass is 16.5. The summed E-state index contributed by atoms with van der Waals surface area (Å²) in [6.07, 6.45) is 1.86. The molecule has 5 heteroatoms. The normalized spacial score (nSPS) is 12.6. The Balaban J connectivity index is 2.15. The van der Waals surface area contributed by atoms with Crippen molar-refractivity contribution in [1.82, 2.24) is 10.1 Å². The molecule has 2 aromatic rings. The Hall–Kier alpha value is -1.88. The molecule has 0 aliphatic rings. The van der Waals surface area contributed by atoms with Crippen LogP contribution in [0, 0.1) is 0 Å². The molecule has 1 unspecified atom stereocenters. The van der Waals surface area contributed by atoms with Crippen LogP contribution in [0.3, 0.4) is 0 Å². The number of hydrogen-bond donors (Lipinski definition) is 2. The minimum Gasteiger partial charge on any atom is -0.508 e. The van der Waals surface area contributed by atoms with Gasteiger partial charge in [0.25, 0.3) is 0 Å². The summed E-state index contributed by atoms with van der Waals surface area (Å²) in [5.74, 6) is 1.50. The van der Waals surface area contributed by atoms with Crippen molar-refractivity contribution in [3.8, 4) is 17.1 Å². The van der Waals surface area contributed by atoms with Gasteiger partial charge in [-0.05, 0) is 31.5 Å². The zero-order valence-electron chi connectivity index (χ0n) is 10.3. The van der Waals surface area contributed by atoms with E-state index in [0.29, 0.717) is 18.3 Å². The molecule has 0 aliphatic heterocycles. The molecular formula is C13H17N3O2. The fourth-order valence-electron chi connectivity index (χ4n) is 1.75. The fraction of sp³-hybridized carbons (Fsp3) is 0.385. The Morgan fingerprint density at radius 1 is 1.44 bits per heavy atom. The highest BCUT2D eigenvalue weighted by Crippen LogP contribution is 2.24. The maximum Gasteiger partial charge on any atom is 0.229 e. The molecule has 3 N–H and O–H groups in total. The van der Waals surface area contributed by atoms with E-state index in [1.165, 1.54) is 0 Å². The quantitative estimate of drug-likeness (QED) is 0.846. The van der Waals surface area contributed by atoms with Crippen LogP contribution in [0.1, 0.15) is 31.6 Å². The molecule has 18 heavy (non-hydrogen) atoms. The van der Waals surface area contributed by atoms with E-state index < -0.39 is 0 Å².